The van der Waals surface area contributed by atoms with Gasteiger partial charge >= 0.3 is 0 Å². The minimum atomic E-state index is 0.499. The number of nitrogens with zero attached hydrogens (tertiary/aromatic N) is 2. The Kier molecular flexibility index (Phi) is 1.81. The van der Waals surface area contributed by atoms with Gasteiger partial charge in [-0.05, 0) is 24.8 Å². The van der Waals surface area contributed by atoms with E-state index in [-0.39, 0.29) is 0 Å². The molecule has 50 valence electrons. The lowest BCUT2D eigenvalue weighted by molar-refractivity contribution is 0.801. The van der Waals surface area contributed by atoms with Gasteiger partial charge in [-0.15, -0.1) is 0 Å². The number of hydrogen-bond acceptors (Lipinski definition) is 2. The molecule has 0 saturated heterocycles. The highest BCUT2D eigenvalue weighted by molar-refractivity contribution is 7.78. The molecule has 0 radical (unpaired) electrons. The smallest absolute Gasteiger partial charge is 0.0660 e. The molecule has 0 atom stereocenters. The third-order valence-electron chi connectivity index (χ3n) is 1.19. The molecule has 0 fully saturated rings. The molecule has 0 aliphatic rings. The van der Waals surface area contributed by atoms with Gasteiger partial charge in [-0.25, -0.2) is 4.09 Å². The maximum Gasteiger partial charge on any atom is 0.0660 e. The summed E-state index contributed by atoms with van der Waals surface area (Å²) in [5.41, 5.74) is 1.09. The fourth-order valence-electron chi connectivity index (χ4n) is 0.636. The van der Waals surface area contributed by atoms with Crippen LogP contribution in [0.3, 0.4) is 0 Å². The van der Waals surface area contributed by atoms with E-state index in [1.165, 1.54) is 4.09 Å². The van der Waals surface area contributed by atoms with Crippen molar-refractivity contribution < 1.29 is 0 Å². The molecule has 0 spiro atoms. The topological polar surface area (TPSA) is 17.8 Å². The zero-order valence-corrected chi connectivity index (χ0v) is 6.47. The quantitative estimate of drug-likeness (QED) is 0.591. The molecule has 0 amide bonds. The first-order valence-electron chi connectivity index (χ1n) is 2.95. The van der Waals surface area contributed by atoms with Gasteiger partial charge in [0, 0.05) is 6.20 Å². The molecular weight excluding hydrogens is 132 g/mol. The van der Waals surface area contributed by atoms with Crippen LogP contribution in [0.2, 0.25) is 0 Å². The van der Waals surface area contributed by atoms with Crippen LogP contribution >= 0.6 is 12.8 Å². The standard InChI is InChI=1S/C6H10N2S/c1-5(2)6-3-4-8(9)7-6/h3-5,9H,1-2H3. The molecule has 1 aromatic rings. The van der Waals surface area contributed by atoms with Gasteiger partial charge < -0.3 is 0 Å². The van der Waals surface area contributed by atoms with Crippen LogP contribution in [0.15, 0.2) is 12.3 Å². The molecule has 1 aromatic heterocycles. The van der Waals surface area contributed by atoms with E-state index in [0.717, 1.165) is 5.69 Å². The van der Waals surface area contributed by atoms with Crippen LogP contribution in [0.25, 0.3) is 0 Å². The van der Waals surface area contributed by atoms with Gasteiger partial charge in [-0.3, -0.25) is 0 Å². The Hall–Kier alpha value is -0.440. The lowest BCUT2D eigenvalue weighted by Crippen LogP contribution is -1.88. The summed E-state index contributed by atoms with van der Waals surface area (Å²) < 4.78 is 1.52. The predicted octanol–water partition coefficient (Wildman–Crippen LogP) is 1.70. The highest BCUT2D eigenvalue weighted by atomic mass is 32.1. The summed E-state index contributed by atoms with van der Waals surface area (Å²) in [5, 5.41) is 4.09. The SMILES string of the molecule is CC(C)c1ccn(S)n1. The second-order valence-electron chi connectivity index (χ2n) is 2.32. The number of aromatic nitrogens is 2. The highest BCUT2D eigenvalue weighted by Gasteiger charge is 1.99. The van der Waals surface area contributed by atoms with Crippen molar-refractivity contribution >= 4 is 12.8 Å². The van der Waals surface area contributed by atoms with Gasteiger partial charge in [0.25, 0.3) is 0 Å². The van der Waals surface area contributed by atoms with E-state index in [1.807, 2.05) is 12.3 Å². The van der Waals surface area contributed by atoms with Crippen LogP contribution in [0, 0.1) is 0 Å². The Labute approximate surface area is 60.4 Å². The first-order valence-corrected chi connectivity index (χ1v) is 3.35. The molecule has 9 heavy (non-hydrogen) atoms. The second-order valence-corrected chi connectivity index (χ2v) is 2.73. The van der Waals surface area contributed by atoms with E-state index < -0.39 is 0 Å². The summed E-state index contributed by atoms with van der Waals surface area (Å²) in [6.45, 7) is 4.21. The molecule has 0 unspecified atom stereocenters. The molecule has 3 heteroatoms. The van der Waals surface area contributed by atoms with E-state index in [2.05, 4.69) is 31.8 Å². The predicted molar refractivity (Wildman–Crippen MR) is 40.7 cm³/mol. The summed E-state index contributed by atoms with van der Waals surface area (Å²) in [6.07, 6.45) is 1.83. The van der Waals surface area contributed by atoms with Crippen LogP contribution in [-0.2, 0) is 0 Å². The Morgan fingerprint density at radius 3 is 2.56 bits per heavy atom. The normalized spacial score (nSPS) is 10.7. The summed E-state index contributed by atoms with van der Waals surface area (Å²) in [7, 11) is 0. The minimum absolute atomic E-state index is 0.499. The van der Waals surface area contributed by atoms with Gasteiger partial charge in [0.05, 0.1) is 5.69 Å². The van der Waals surface area contributed by atoms with E-state index in [1.54, 1.807) is 0 Å². The maximum atomic E-state index is 4.09. The first kappa shape index (κ1) is 6.68. The molecule has 1 heterocycles. The van der Waals surface area contributed by atoms with E-state index >= 15 is 0 Å². The van der Waals surface area contributed by atoms with Crippen molar-refractivity contribution in [1.29, 1.82) is 0 Å². The number of hydrogen-bond donors (Lipinski definition) is 1. The van der Waals surface area contributed by atoms with E-state index in [4.69, 9.17) is 0 Å². The second kappa shape index (κ2) is 2.43. The molecule has 0 aromatic carbocycles. The highest BCUT2D eigenvalue weighted by Crippen LogP contribution is 2.10. The van der Waals surface area contributed by atoms with Crippen molar-refractivity contribution in [1.82, 2.24) is 9.19 Å². The third-order valence-corrected chi connectivity index (χ3v) is 1.41. The monoisotopic (exact) mass is 142 g/mol. The van der Waals surface area contributed by atoms with E-state index in [9.17, 15) is 0 Å². The van der Waals surface area contributed by atoms with Crippen molar-refractivity contribution in [3.8, 4) is 0 Å². The van der Waals surface area contributed by atoms with Crippen molar-refractivity contribution in [2.24, 2.45) is 0 Å². The van der Waals surface area contributed by atoms with E-state index in [0.29, 0.717) is 5.92 Å². The summed E-state index contributed by atoms with van der Waals surface area (Å²) >= 11 is 4.01. The Morgan fingerprint density at radius 1 is 1.67 bits per heavy atom. The van der Waals surface area contributed by atoms with Gasteiger partial charge in [0.2, 0.25) is 0 Å². The fourth-order valence-corrected chi connectivity index (χ4v) is 0.806. The van der Waals surface area contributed by atoms with Crippen molar-refractivity contribution in [2.75, 3.05) is 0 Å². The molecule has 0 aliphatic carbocycles. The molecule has 2 nitrogen and oxygen atoms in total. The van der Waals surface area contributed by atoms with Gasteiger partial charge in [-0.1, -0.05) is 13.8 Å². The summed E-state index contributed by atoms with van der Waals surface area (Å²) in [6, 6.07) is 1.97. The van der Waals surface area contributed by atoms with Crippen LogP contribution in [-0.4, -0.2) is 9.19 Å². The zero-order valence-electron chi connectivity index (χ0n) is 5.57. The largest absolute Gasteiger partial charge is 0.217 e. The van der Waals surface area contributed by atoms with Crippen LogP contribution < -0.4 is 0 Å². The molecule has 0 N–H and O–H groups in total. The molecule has 0 saturated carbocycles. The minimum Gasteiger partial charge on any atom is -0.217 e. The van der Waals surface area contributed by atoms with Gasteiger partial charge in [0.1, 0.15) is 0 Å². The first-order chi connectivity index (χ1) is 4.20. The Bertz CT molecular complexity index is 193. The molecule has 1 rings (SSSR count). The molecule has 0 aliphatic heterocycles. The summed E-state index contributed by atoms with van der Waals surface area (Å²) in [4.78, 5) is 0. The third kappa shape index (κ3) is 1.48. The van der Waals surface area contributed by atoms with Crippen molar-refractivity contribution in [3.05, 3.63) is 18.0 Å². The van der Waals surface area contributed by atoms with Crippen LogP contribution in [0.5, 0.6) is 0 Å². The molecular formula is C6H10N2S. The average Bonchev–Trinajstić information content (AvgIpc) is 2.14. The van der Waals surface area contributed by atoms with Crippen LogP contribution in [0.1, 0.15) is 25.5 Å². The number of rotatable bonds is 1. The lowest BCUT2D eigenvalue weighted by Gasteiger charge is -1.95. The van der Waals surface area contributed by atoms with Crippen molar-refractivity contribution in [3.63, 3.8) is 0 Å². The molecule has 0 bridgehead atoms. The van der Waals surface area contributed by atoms with Gasteiger partial charge in [-0.2, -0.15) is 5.10 Å². The van der Waals surface area contributed by atoms with Crippen LogP contribution in [0.4, 0.5) is 0 Å². The Morgan fingerprint density at radius 2 is 2.33 bits per heavy atom. The average molecular weight is 142 g/mol. The summed E-state index contributed by atoms with van der Waals surface area (Å²) in [5.74, 6) is 0.499. The lowest BCUT2D eigenvalue weighted by atomic mass is 10.1. The Balaban J connectivity index is 2.85. The maximum absolute atomic E-state index is 4.09. The van der Waals surface area contributed by atoms with Gasteiger partial charge in [0.15, 0.2) is 0 Å². The fraction of sp³-hybridized carbons (Fsp3) is 0.500. The number of thiol groups is 1. The van der Waals surface area contributed by atoms with Crippen molar-refractivity contribution in [2.45, 2.75) is 19.8 Å². The zero-order chi connectivity index (χ0) is 6.85.